The van der Waals surface area contributed by atoms with Crippen molar-refractivity contribution in [3.05, 3.63) is 59.2 Å². The van der Waals surface area contributed by atoms with Gasteiger partial charge in [-0.1, -0.05) is 12.1 Å². The van der Waals surface area contributed by atoms with Gasteiger partial charge in [-0.05, 0) is 31.2 Å². The van der Waals surface area contributed by atoms with Gasteiger partial charge >= 0.3 is 0 Å². The second-order valence-electron chi connectivity index (χ2n) is 5.97. The standard InChI is InChI=1S/C18H20FN3O2/c1-13-6-7-17(23)16(20-13)12-21-8-10-22(11-9-21)18(24)14-4-2-3-5-15(14)19/h2-7,23H,8-12H2,1H3. The van der Waals surface area contributed by atoms with E-state index in [1.54, 1.807) is 29.2 Å². The van der Waals surface area contributed by atoms with Crippen molar-refractivity contribution in [2.75, 3.05) is 26.2 Å². The Bertz CT molecular complexity index is 743. The molecule has 1 amide bonds. The first-order valence-corrected chi connectivity index (χ1v) is 7.96. The number of amides is 1. The Morgan fingerprint density at radius 3 is 2.58 bits per heavy atom. The zero-order valence-electron chi connectivity index (χ0n) is 13.6. The zero-order valence-corrected chi connectivity index (χ0v) is 13.6. The highest BCUT2D eigenvalue weighted by molar-refractivity contribution is 5.94. The second kappa shape index (κ2) is 6.97. The molecule has 1 saturated heterocycles. The van der Waals surface area contributed by atoms with Gasteiger partial charge in [0.25, 0.3) is 5.91 Å². The van der Waals surface area contributed by atoms with Crippen molar-refractivity contribution in [1.29, 1.82) is 0 Å². The molecule has 5 nitrogen and oxygen atoms in total. The third-order valence-electron chi connectivity index (χ3n) is 4.23. The number of carbonyl (C=O) groups excluding carboxylic acids is 1. The molecule has 0 radical (unpaired) electrons. The average Bonchev–Trinajstić information content (AvgIpc) is 2.59. The van der Waals surface area contributed by atoms with Gasteiger partial charge in [0, 0.05) is 38.4 Å². The maximum absolute atomic E-state index is 13.7. The first kappa shape index (κ1) is 16.4. The fraction of sp³-hybridized carbons (Fsp3) is 0.333. The van der Waals surface area contributed by atoms with Crippen molar-refractivity contribution in [3.8, 4) is 5.75 Å². The van der Waals surface area contributed by atoms with Gasteiger partial charge < -0.3 is 10.0 Å². The van der Waals surface area contributed by atoms with Crippen LogP contribution in [-0.2, 0) is 6.54 Å². The quantitative estimate of drug-likeness (QED) is 0.938. The fourth-order valence-electron chi connectivity index (χ4n) is 2.85. The van der Waals surface area contributed by atoms with Crippen molar-refractivity contribution >= 4 is 5.91 Å². The fourth-order valence-corrected chi connectivity index (χ4v) is 2.85. The Morgan fingerprint density at radius 2 is 1.88 bits per heavy atom. The van der Waals surface area contributed by atoms with Gasteiger partial charge in [-0.15, -0.1) is 0 Å². The van der Waals surface area contributed by atoms with Crippen LogP contribution in [0.25, 0.3) is 0 Å². The summed E-state index contributed by atoms with van der Waals surface area (Å²) in [6, 6.07) is 9.47. The summed E-state index contributed by atoms with van der Waals surface area (Å²) in [6.45, 7) is 4.80. The summed E-state index contributed by atoms with van der Waals surface area (Å²) in [5.74, 6) is -0.575. The van der Waals surface area contributed by atoms with Crippen LogP contribution in [0.15, 0.2) is 36.4 Å². The van der Waals surface area contributed by atoms with Crippen molar-refractivity contribution in [1.82, 2.24) is 14.8 Å². The van der Waals surface area contributed by atoms with Gasteiger partial charge in [0.05, 0.1) is 11.3 Å². The number of hydrogen-bond donors (Lipinski definition) is 1. The normalized spacial score (nSPS) is 15.5. The van der Waals surface area contributed by atoms with Crippen LogP contribution in [0.2, 0.25) is 0 Å². The van der Waals surface area contributed by atoms with E-state index >= 15 is 0 Å². The van der Waals surface area contributed by atoms with Gasteiger partial charge in [-0.3, -0.25) is 14.7 Å². The molecule has 2 aromatic rings. The van der Waals surface area contributed by atoms with Crippen molar-refractivity contribution in [2.24, 2.45) is 0 Å². The van der Waals surface area contributed by atoms with Crippen LogP contribution in [-0.4, -0.2) is 52.0 Å². The maximum Gasteiger partial charge on any atom is 0.256 e. The molecule has 0 saturated carbocycles. The summed E-state index contributed by atoms with van der Waals surface area (Å²) in [5.41, 5.74) is 1.61. The minimum atomic E-state index is -0.487. The lowest BCUT2D eigenvalue weighted by molar-refractivity contribution is 0.0621. The number of hydrogen-bond acceptors (Lipinski definition) is 4. The molecule has 0 unspecified atom stereocenters. The molecule has 0 bridgehead atoms. The molecule has 6 heteroatoms. The predicted octanol–water partition coefficient (Wildman–Crippen LogP) is 2.19. The molecule has 24 heavy (non-hydrogen) atoms. The number of piperazine rings is 1. The van der Waals surface area contributed by atoms with E-state index in [2.05, 4.69) is 9.88 Å². The first-order chi connectivity index (χ1) is 11.5. The lowest BCUT2D eigenvalue weighted by atomic mass is 10.1. The predicted molar refractivity (Wildman–Crippen MR) is 88.2 cm³/mol. The van der Waals surface area contributed by atoms with Crippen LogP contribution in [0.1, 0.15) is 21.7 Å². The van der Waals surface area contributed by atoms with E-state index in [1.165, 1.54) is 12.1 Å². The minimum Gasteiger partial charge on any atom is -0.506 e. The van der Waals surface area contributed by atoms with Crippen LogP contribution in [0.3, 0.4) is 0 Å². The number of benzene rings is 1. The number of pyridine rings is 1. The number of halogens is 1. The molecule has 1 fully saturated rings. The van der Waals surface area contributed by atoms with Crippen molar-refractivity contribution < 1.29 is 14.3 Å². The van der Waals surface area contributed by atoms with Gasteiger partial charge in [0.1, 0.15) is 11.6 Å². The molecule has 1 aromatic heterocycles. The Labute approximate surface area is 140 Å². The van der Waals surface area contributed by atoms with E-state index in [-0.39, 0.29) is 17.2 Å². The van der Waals surface area contributed by atoms with Gasteiger partial charge in [0.15, 0.2) is 0 Å². The highest BCUT2D eigenvalue weighted by atomic mass is 19.1. The summed E-state index contributed by atoms with van der Waals surface area (Å²) in [6.07, 6.45) is 0. The molecule has 1 N–H and O–H groups in total. The molecule has 0 aliphatic carbocycles. The molecule has 1 aromatic carbocycles. The molecule has 1 aliphatic heterocycles. The van der Waals surface area contributed by atoms with Gasteiger partial charge in [-0.2, -0.15) is 0 Å². The number of aromatic nitrogens is 1. The number of aryl methyl sites for hydroxylation is 1. The van der Waals surface area contributed by atoms with Crippen molar-refractivity contribution in [2.45, 2.75) is 13.5 Å². The summed E-state index contributed by atoms with van der Waals surface area (Å²) in [7, 11) is 0. The smallest absolute Gasteiger partial charge is 0.256 e. The summed E-state index contributed by atoms with van der Waals surface area (Å²) < 4.78 is 13.7. The molecular formula is C18H20FN3O2. The summed E-state index contributed by atoms with van der Waals surface area (Å²) in [5, 5.41) is 9.89. The lowest BCUT2D eigenvalue weighted by Gasteiger charge is -2.34. The Hall–Kier alpha value is -2.47. The Morgan fingerprint density at radius 1 is 1.17 bits per heavy atom. The summed E-state index contributed by atoms with van der Waals surface area (Å²) in [4.78, 5) is 20.6. The molecule has 0 atom stereocenters. The lowest BCUT2D eigenvalue weighted by Crippen LogP contribution is -2.48. The van der Waals surface area contributed by atoms with Crippen LogP contribution in [0.4, 0.5) is 4.39 Å². The molecule has 3 rings (SSSR count). The van der Waals surface area contributed by atoms with Gasteiger partial charge in [0.2, 0.25) is 0 Å². The van der Waals surface area contributed by atoms with E-state index in [1.807, 2.05) is 6.92 Å². The Balaban J connectivity index is 1.61. The molecule has 0 spiro atoms. The first-order valence-electron chi connectivity index (χ1n) is 7.96. The van der Waals surface area contributed by atoms with Gasteiger partial charge in [-0.25, -0.2) is 4.39 Å². The molecular weight excluding hydrogens is 309 g/mol. The molecule has 1 aliphatic rings. The summed E-state index contributed by atoms with van der Waals surface area (Å²) >= 11 is 0. The SMILES string of the molecule is Cc1ccc(O)c(CN2CCN(C(=O)c3ccccc3F)CC2)n1. The van der Waals surface area contributed by atoms with E-state index in [4.69, 9.17) is 0 Å². The average molecular weight is 329 g/mol. The highest BCUT2D eigenvalue weighted by Gasteiger charge is 2.24. The maximum atomic E-state index is 13.7. The van der Waals surface area contributed by atoms with E-state index in [9.17, 15) is 14.3 Å². The highest BCUT2D eigenvalue weighted by Crippen LogP contribution is 2.18. The largest absolute Gasteiger partial charge is 0.506 e. The molecule has 126 valence electrons. The van der Waals surface area contributed by atoms with E-state index < -0.39 is 5.82 Å². The van der Waals surface area contributed by atoms with E-state index in [0.29, 0.717) is 38.4 Å². The Kier molecular flexibility index (Phi) is 4.76. The third kappa shape index (κ3) is 3.54. The van der Waals surface area contributed by atoms with Crippen LogP contribution >= 0.6 is 0 Å². The third-order valence-corrected chi connectivity index (χ3v) is 4.23. The topological polar surface area (TPSA) is 56.7 Å². The number of carbonyl (C=O) groups is 1. The zero-order chi connectivity index (χ0) is 17.1. The minimum absolute atomic E-state index is 0.115. The second-order valence-corrected chi connectivity index (χ2v) is 5.97. The van der Waals surface area contributed by atoms with E-state index in [0.717, 1.165) is 5.69 Å². The van der Waals surface area contributed by atoms with Crippen LogP contribution in [0.5, 0.6) is 5.75 Å². The van der Waals surface area contributed by atoms with Crippen LogP contribution in [0, 0.1) is 12.7 Å². The van der Waals surface area contributed by atoms with Crippen molar-refractivity contribution in [3.63, 3.8) is 0 Å². The number of nitrogens with zero attached hydrogens (tertiary/aromatic N) is 3. The number of aromatic hydroxyl groups is 1. The monoisotopic (exact) mass is 329 g/mol. The molecule has 2 heterocycles. The van der Waals surface area contributed by atoms with Crippen LogP contribution < -0.4 is 0 Å². The number of rotatable bonds is 3.